The van der Waals surface area contributed by atoms with E-state index >= 15 is 0 Å². The molecule has 3 fully saturated rings. The van der Waals surface area contributed by atoms with E-state index in [1.54, 1.807) is 0 Å². The Labute approximate surface area is 117 Å². The molecular weight excluding hydrogens is 236 g/mol. The van der Waals surface area contributed by atoms with Gasteiger partial charge in [-0.2, -0.15) is 0 Å². The number of hydrogen-bond donors (Lipinski definition) is 2. The molecule has 1 aliphatic heterocycles. The Morgan fingerprint density at radius 2 is 2.00 bits per heavy atom. The summed E-state index contributed by atoms with van der Waals surface area (Å²) >= 11 is 0. The average molecular weight is 266 g/mol. The average Bonchev–Trinajstić information content (AvgIpc) is 3.19. The monoisotopic (exact) mass is 266 g/mol. The molecule has 110 valence electrons. The van der Waals surface area contributed by atoms with Gasteiger partial charge in [-0.3, -0.25) is 0 Å². The highest BCUT2D eigenvalue weighted by molar-refractivity contribution is 5.20. The van der Waals surface area contributed by atoms with Gasteiger partial charge in [0.25, 0.3) is 0 Å². The van der Waals surface area contributed by atoms with Crippen LogP contribution in [-0.4, -0.2) is 31.3 Å². The summed E-state index contributed by atoms with van der Waals surface area (Å²) in [4.78, 5) is 0. The van der Waals surface area contributed by atoms with Gasteiger partial charge in [-0.15, -0.1) is 0 Å². The van der Waals surface area contributed by atoms with Crippen LogP contribution in [0.4, 0.5) is 0 Å². The smallest absolute Gasteiger partial charge is 0.0690 e. The lowest BCUT2D eigenvalue weighted by atomic mass is 9.46. The summed E-state index contributed by atoms with van der Waals surface area (Å²) in [5, 5.41) is 3.69. The number of rotatable bonds is 5. The van der Waals surface area contributed by atoms with Crippen molar-refractivity contribution in [2.75, 3.05) is 19.7 Å². The quantitative estimate of drug-likeness (QED) is 0.802. The molecule has 3 N–H and O–H groups in total. The van der Waals surface area contributed by atoms with E-state index in [0.29, 0.717) is 17.4 Å². The van der Waals surface area contributed by atoms with Crippen molar-refractivity contribution in [2.24, 2.45) is 22.5 Å². The van der Waals surface area contributed by atoms with Crippen LogP contribution in [0.5, 0.6) is 0 Å². The second-order valence-corrected chi connectivity index (χ2v) is 7.76. The first kappa shape index (κ1) is 13.8. The van der Waals surface area contributed by atoms with Gasteiger partial charge < -0.3 is 15.8 Å². The molecule has 2 saturated carbocycles. The molecule has 1 heterocycles. The molecule has 0 amide bonds. The van der Waals surface area contributed by atoms with Crippen molar-refractivity contribution < 1.29 is 4.74 Å². The summed E-state index contributed by atoms with van der Waals surface area (Å²) in [6, 6.07) is 0. The van der Waals surface area contributed by atoms with E-state index in [-0.39, 0.29) is 11.0 Å². The number of fused-ring (bicyclic) bond motifs is 1. The first-order valence-electron chi connectivity index (χ1n) is 8.06. The Bertz CT molecular complexity index is 351. The molecule has 3 rings (SSSR count). The fourth-order valence-electron chi connectivity index (χ4n) is 4.39. The van der Waals surface area contributed by atoms with Crippen LogP contribution in [0.3, 0.4) is 0 Å². The molecule has 0 spiro atoms. The van der Waals surface area contributed by atoms with Crippen molar-refractivity contribution in [3.05, 3.63) is 0 Å². The Morgan fingerprint density at radius 3 is 2.63 bits per heavy atom. The molecule has 1 saturated heterocycles. The van der Waals surface area contributed by atoms with Crippen LogP contribution in [-0.2, 0) is 4.74 Å². The molecule has 0 aromatic heterocycles. The number of nitrogens with one attached hydrogen (secondary N) is 1. The Kier molecular flexibility index (Phi) is 3.23. The lowest BCUT2D eigenvalue weighted by Gasteiger charge is -2.66. The lowest BCUT2D eigenvalue weighted by Crippen LogP contribution is -2.80. The van der Waals surface area contributed by atoms with Crippen LogP contribution in [0.2, 0.25) is 0 Å². The fourth-order valence-corrected chi connectivity index (χ4v) is 4.39. The topological polar surface area (TPSA) is 47.3 Å². The van der Waals surface area contributed by atoms with Gasteiger partial charge in [0.2, 0.25) is 0 Å². The summed E-state index contributed by atoms with van der Waals surface area (Å²) in [5.41, 5.74) is 7.41. The van der Waals surface area contributed by atoms with E-state index in [1.807, 2.05) is 0 Å². The zero-order chi connectivity index (χ0) is 13.7. The van der Waals surface area contributed by atoms with Crippen LogP contribution in [0.15, 0.2) is 0 Å². The molecule has 3 heteroatoms. The van der Waals surface area contributed by atoms with Gasteiger partial charge in [0, 0.05) is 36.6 Å². The maximum atomic E-state index is 6.78. The van der Waals surface area contributed by atoms with Crippen molar-refractivity contribution in [1.29, 1.82) is 0 Å². The highest BCUT2D eigenvalue weighted by Crippen LogP contribution is 2.57. The molecule has 0 radical (unpaired) electrons. The second kappa shape index (κ2) is 4.44. The largest absolute Gasteiger partial charge is 0.377 e. The van der Waals surface area contributed by atoms with Crippen molar-refractivity contribution in [2.45, 2.75) is 64.5 Å². The molecule has 3 atom stereocenters. The van der Waals surface area contributed by atoms with E-state index in [9.17, 15) is 0 Å². The summed E-state index contributed by atoms with van der Waals surface area (Å²) in [6.07, 6.45) is 6.89. The van der Waals surface area contributed by atoms with Gasteiger partial charge in [-0.1, -0.05) is 20.8 Å². The molecule has 19 heavy (non-hydrogen) atoms. The van der Waals surface area contributed by atoms with E-state index in [0.717, 1.165) is 19.7 Å². The van der Waals surface area contributed by atoms with Gasteiger partial charge in [0.15, 0.2) is 0 Å². The van der Waals surface area contributed by atoms with Crippen LogP contribution in [0.25, 0.3) is 0 Å². The number of nitrogens with two attached hydrogens (primary N) is 1. The fraction of sp³-hybridized carbons (Fsp3) is 1.00. The van der Waals surface area contributed by atoms with E-state index in [1.165, 1.54) is 32.1 Å². The van der Waals surface area contributed by atoms with Gasteiger partial charge in [-0.05, 0) is 37.5 Å². The molecule has 2 aliphatic carbocycles. The molecular formula is C16H30N2O. The first-order chi connectivity index (χ1) is 8.95. The molecule has 3 nitrogen and oxygen atoms in total. The zero-order valence-corrected chi connectivity index (χ0v) is 12.8. The molecule has 0 aromatic carbocycles. The van der Waals surface area contributed by atoms with Crippen molar-refractivity contribution in [3.63, 3.8) is 0 Å². The third kappa shape index (κ3) is 1.97. The maximum Gasteiger partial charge on any atom is 0.0690 e. The summed E-state index contributed by atoms with van der Waals surface area (Å²) in [6.45, 7) is 9.91. The highest BCUT2D eigenvalue weighted by atomic mass is 16.5. The van der Waals surface area contributed by atoms with Crippen molar-refractivity contribution in [1.82, 2.24) is 5.32 Å². The first-order valence-corrected chi connectivity index (χ1v) is 8.06. The molecule has 3 aliphatic rings. The minimum atomic E-state index is -0.0814. The Morgan fingerprint density at radius 1 is 1.26 bits per heavy atom. The second-order valence-electron chi connectivity index (χ2n) is 7.76. The zero-order valence-electron chi connectivity index (χ0n) is 12.8. The van der Waals surface area contributed by atoms with Crippen LogP contribution in [0.1, 0.15) is 52.9 Å². The minimum Gasteiger partial charge on any atom is -0.377 e. The van der Waals surface area contributed by atoms with Crippen LogP contribution < -0.4 is 11.1 Å². The molecule has 0 aromatic rings. The Balaban J connectivity index is 1.59. The summed E-state index contributed by atoms with van der Waals surface area (Å²) in [5.74, 6) is 0.556. The summed E-state index contributed by atoms with van der Waals surface area (Å²) in [7, 11) is 0. The predicted molar refractivity (Wildman–Crippen MR) is 78.0 cm³/mol. The van der Waals surface area contributed by atoms with Crippen molar-refractivity contribution in [3.8, 4) is 0 Å². The van der Waals surface area contributed by atoms with Gasteiger partial charge >= 0.3 is 0 Å². The minimum absolute atomic E-state index is 0.0814. The standard InChI is InChI=1S/C16H30N2O/c1-4-15(7-8-15)10-18-11-16(17)12-6-5-9-19-13(12)14(16,2)3/h12-13,18H,4-11,17H2,1-3H3. The van der Waals surface area contributed by atoms with Crippen molar-refractivity contribution >= 4 is 0 Å². The van der Waals surface area contributed by atoms with E-state index < -0.39 is 0 Å². The molecule has 3 unspecified atom stereocenters. The van der Waals surface area contributed by atoms with E-state index in [2.05, 4.69) is 26.1 Å². The highest BCUT2D eigenvalue weighted by Gasteiger charge is 2.66. The number of ether oxygens (including phenoxy) is 1. The van der Waals surface area contributed by atoms with Crippen LogP contribution in [0, 0.1) is 16.7 Å². The Hall–Kier alpha value is -0.120. The lowest BCUT2D eigenvalue weighted by molar-refractivity contribution is -0.225. The normalized spacial score (nSPS) is 42.3. The predicted octanol–water partition coefficient (Wildman–Crippen LogP) is 2.30. The van der Waals surface area contributed by atoms with Crippen LogP contribution >= 0.6 is 0 Å². The summed E-state index contributed by atoms with van der Waals surface area (Å²) < 4.78 is 5.96. The third-order valence-corrected chi connectivity index (χ3v) is 6.52. The van der Waals surface area contributed by atoms with Gasteiger partial charge in [0.1, 0.15) is 0 Å². The maximum absolute atomic E-state index is 6.78. The van der Waals surface area contributed by atoms with Gasteiger partial charge in [0.05, 0.1) is 6.10 Å². The SMILES string of the molecule is CCC1(CNCC2(N)C3CCCOC3C2(C)C)CC1. The molecule has 0 bridgehead atoms. The van der Waals surface area contributed by atoms with Gasteiger partial charge in [-0.25, -0.2) is 0 Å². The third-order valence-electron chi connectivity index (χ3n) is 6.52. The number of hydrogen-bond acceptors (Lipinski definition) is 3. The van der Waals surface area contributed by atoms with E-state index in [4.69, 9.17) is 10.5 Å².